The predicted molar refractivity (Wildman–Crippen MR) is 38.7 cm³/mol. The Morgan fingerprint density at radius 1 is 1.36 bits per heavy atom. The maximum atomic E-state index is 12.9. The smallest absolute Gasteiger partial charge is 0.256 e. The van der Waals surface area contributed by atoms with Crippen molar-refractivity contribution in [1.82, 2.24) is 4.90 Å². The number of rotatable bonds is 1. The Bertz CT molecular complexity index is 155. The zero-order chi connectivity index (χ0) is 8.06. The maximum absolute atomic E-state index is 12.9. The van der Waals surface area contributed by atoms with Gasteiger partial charge in [-0.1, -0.05) is 6.92 Å². The summed E-state index contributed by atoms with van der Waals surface area (Å²) in [5, 5.41) is 0. The van der Waals surface area contributed by atoms with Crippen molar-refractivity contribution in [2.75, 3.05) is 19.6 Å². The summed E-state index contributed by atoms with van der Waals surface area (Å²) >= 11 is 0. The van der Waals surface area contributed by atoms with Crippen LogP contribution in [-0.2, 0) is 0 Å². The topological polar surface area (TPSA) is 3.24 Å². The Morgan fingerprint density at radius 2 is 1.91 bits per heavy atom. The lowest BCUT2D eigenvalue weighted by molar-refractivity contribution is -0.226. The van der Waals surface area contributed by atoms with Crippen LogP contribution in [-0.4, -0.2) is 30.5 Å². The third-order valence-electron chi connectivity index (χ3n) is 3.06. The molecule has 2 saturated heterocycles. The van der Waals surface area contributed by atoms with Gasteiger partial charge in [0.05, 0.1) is 0 Å². The van der Waals surface area contributed by atoms with E-state index in [4.69, 9.17) is 0 Å². The van der Waals surface area contributed by atoms with E-state index in [9.17, 15) is 8.78 Å². The highest BCUT2D eigenvalue weighted by Gasteiger charge is 2.60. The van der Waals surface area contributed by atoms with Gasteiger partial charge in [-0.15, -0.1) is 0 Å². The average Bonchev–Trinajstić information content (AvgIpc) is 2.04. The van der Waals surface area contributed by atoms with Crippen LogP contribution in [0.15, 0.2) is 0 Å². The highest BCUT2D eigenvalue weighted by Crippen LogP contribution is 2.52. The molecule has 2 bridgehead atoms. The van der Waals surface area contributed by atoms with Gasteiger partial charge in [0.1, 0.15) is 0 Å². The van der Waals surface area contributed by atoms with Crippen molar-refractivity contribution in [2.45, 2.75) is 19.3 Å². The van der Waals surface area contributed by atoms with E-state index in [0.29, 0.717) is 13.1 Å². The van der Waals surface area contributed by atoms with Crippen molar-refractivity contribution in [3.8, 4) is 0 Å². The highest BCUT2D eigenvalue weighted by atomic mass is 19.3. The number of alkyl halides is 2. The first-order chi connectivity index (χ1) is 5.14. The van der Waals surface area contributed by atoms with Crippen LogP contribution in [0.2, 0.25) is 0 Å². The van der Waals surface area contributed by atoms with Crippen molar-refractivity contribution in [3.05, 3.63) is 0 Å². The molecule has 0 N–H and O–H groups in total. The first-order valence-corrected chi connectivity index (χ1v) is 4.24. The minimum Gasteiger partial charge on any atom is -0.303 e. The third kappa shape index (κ3) is 0.901. The molecule has 3 rings (SSSR count). The van der Waals surface area contributed by atoms with E-state index in [1.165, 1.54) is 0 Å². The van der Waals surface area contributed by atoms with E-state index >= 15 is 0 Å². The molecule has 1 aliphatic carbocycles. The minimum atomic E-state index is -2.33. The van der Waals surface area contributed by atoms with Crippen LogP contribution in [0.3, 0.4) is 0 Å². The van der Waals surface area contributed by atoms with E-state index in [2.05, 4.69) is 4.90 Å². The van der Waals surface area contributed by atoms with Gasteiger partial charge in [0.25, 0.3) is 5.92 Å². The molecule has 3 heteroatoms. The normalized spacial score (nSPS) is 41.7. The fraction of sp³-hybridized carbons (Fsp3) is 1.00. The molecule has 0 radical (unpaired) electrons. The largest absolute Gasteiger partial charge is 0.303 e. The van der Waals surface area contributed by atoms with E-state index in [0.717, 1.165) is 13.0 Å². The fourth-order valence-electron chi connectivity index (χ4n) is 2.18. The predicted octanol–water partition coefficient (Wildman–Crippen LogP) is 1.59. The van der Waals surface area contributed by atoms with Gasteiger partial charge in [-0.3, -0.25) is 0 Å². The van der Waals surface area contributed by atoms with Crippen LogP contribution in [0.4, 0.5) is 8.78 Å². The quantitative estimate of drug-likeness (QED) is 0.564. The number of hydrogen-bond donors (Lipinski definition) is 0. The molecule has 64 valence electrons. The Labute approximate surface area is 65.4 Å². The molecule has 1 nitrogen and oxygen atoms in total. The van der Waals surface area contributed by atoms with E-state index in [-0.39, 0.29) is 11.8 Å². The molecule has 2 atom stereocenters. The second kappa shape index (κ2) is 2.16. The van der Waals surface area contributed by atoms with Crippen molar-refractivity contribution < 1.29 is 8.78 Å². The standard InChI is InChI=1S/C8H13F2N/c1-2-11-4-6-3-7(5-11)8(6,9)10/h6-7H,2-5H2,1H3. The Morgan fingerprint density at radius 3 is 2.27 bits per heavy atom. The molecular weight excluding hydrogens is 148 g/mol. The maximum Gasteiger partial charge on any atom is 0.256 e. The van der Waals surface area contributed by atoms with Gasteiger partial charge >= 0.3 is 0 Å². The molecular formula is C8H13F2N. The first kappa shape index (κ1) is 7.47. The Balaban J connectivity index is 2.02. The Hall–Kier alpha value is -0.180. The second-order valence-electron chi connectivity index (χ2n) is 3.66. The van der Waals surface area contributed by atoms with Crippen LogP contribution in [0.25, 0.3) is 0 Å². The van der Waals surface area contributed by atoms with E-state index in [1.807, 2.05) is 6.92 Å². The van der Waals surface area contributed by atoms with Crippen molar-refractivity contribution in [2.24, 2.45) is 11.8 Å². The van der Waals surface area contributed by atoms with Crippen molar-refractivity contribution >= 4 is 0 Å². The summed E-state index contributed by atoms with van der Waals surface area (Å²) in [5.41, 5.74) is 0. The van der Waals surface area contributed by atoms with Gasteiger partial charge in [0.15, 0.2) is 0 Å². The molecule has 1 saturated carbocycles. The molecule has 0 aromatic rings. The average molecular weight is 161 g/mol. The molecule has 2 aliphatic heterocycles. The van der Waals surface area contributed by atoms with Gasteiger partial charge in [-0.2, -0.15) is 0 Å². The fourth-order valence-corrected chi connectivity index (χ4v) is 2.18. The molecule has 0 amide bonds. The summed E-state index contributed by atoms with van der Waals surface area (Å²) < 4.78 is 25.9. The second-order valence-corrected chi connectivity index (χ2v) is 3.66. The molecule has 11 heavy (non-hydrogen) atoms. The number of halogens is 2. The lowest BCUT2D eigenvalue weighted by atomic mass is 9.67. The summed E-state index contributed by atoms with van der Waals surface area (Å²) in [6.45, 7) is 4.17. The Kier molecular flexibility index (Phi) is 1.46. The van der Waals surface area contributed by atoms with Crippen LogP contribution in [0, 0.1) is 11.8 Å². The van der Waals surface area contributed by atoms with Gasteiger partial charge in [0, 0.05) is 24.9 Å². The van der Waals surface area contributed by atoms with Crippen LogP contribution in [0.5, 0.6) is 0 Å². The molecule has 3 fully saturated rings. The molecule has 3 aliphatic rings. The van der Waals surface area contributed by atoms with Gasteiger partial charge in [-0.25, -0.2) is 8.78 Å². The van der Waals surface area contributed by atoms with Crippen molar-refractivity contribution in [1.29, 1.82) is 0 Å². The molecule has 2 heterocycles. The van der Waals surface area contributed by atoms with E-state index < -0.39 is 5.92 Å². The van der Waals surface area contributed by atoms with Gasteiger partial charge in [-0.05, 0) is 13.0 Å². The minimum absolute atomic E-state index is 0.332. The molecule has 0 aromatic carbocycles. The highest BCUT2D eigenvalue weighted by molar-refractivity contribution is 5.02. The summed E-state index contributed by atoms with van der Waals surface area (Å²) in [6.07, 6.45) is 0.753. The van der Waals surface area contributed by atoms with E-state index in [1.54, 1.807) is 0 Å². The lowest BCUT2D eigenvalue weighted by Gasteiger charge is -2.52. The zero-order valence-corrected chi connectivity index (χ0v) is 6.69. The number of nitrogens with zero attached hydrogens (tertiary/aromatic N) is 1. The van der Waals surface area contributed by atoms with Gasteiger partial charge < -0.3 is 4.90 Å². The van der Waals surface area contributed by atoms with Crippen LogP contribution in [0.1, 0.15) is 13.3 Å². The molecule has 2 unspecified atom stereocenters. The van der Waals surface area contributed by atoms with Gasteiger partial charge in [0.2, 0.25) is 0 Å². The monoisotopic (exact) mass is 161 g/mol. The summed E-state index contributed by atoms with van der Waals surface area (Å²) in [5.74, 6) is -2.99. The lowest BCUT2D eigenvalue weighted by Crippen LogP contribution is -2.62. The summed E-state index contributed by atoms with van der Waals surface area (Å²) in [4.78, 5) is 2.12. The number of piperidine rings is 2. The molecule has 0 aromatic heterocycles. The third-order valence-corrected chi connectivity index (χ3v) is 3.06. The zero-order valence-electron chi connectivity index (χ0n) is 6.69. The van der Waals surface area contributed by atoms with Crippen LogP contribution < -0.4 is 0 Å². The summed E-state index contributed by atoms with van der Waals surface area (Å²) in [6, 6.07) is 0. The molecule has 0 spiro atoms. The first-order valence-electron chi connectivity index (χ1n) is 4.24. The van der Waals surface area contributed by atoms with Crippen molar-refractivity contribution in [3.63, 3.8) is 0 Å². The van der Waals surface area contributed by atoms with Crippen LogP contribution >= 0.6 is 0 Å². The number of hydrogen-bond acceptors (Lipinski definition) is 1. The number of fused-ring (bicyclic) bond motifs is 2. The summed E-state index contributed by atoms with van der Waals surface area (Å²) in [7, 11) is 0. The SMILES string of the molecule is CCN1CC2CC(C1)C2(F)F.